The zero-order valence-electron chi connectivity index (χ0n) is 18.3. The van der Waals surface area contributed by atoms with Crippen molar-refractivity contribution >= 4 is 28.9 Å². The lowest BCUT2D eigenvalue weighted by Crippen LogP contribution is -2.41. The SMILES string of the molecule is CC(C)Oc1ccc(C=C2SC(=NC3CCCCC3)N(C3CCCCC3)C2=O)cc1. The van der Waals surface area contributed by atoms with E-state index >= 15 is 0 Å². The first kappa shape index (κ1) is 21.5. The second kappa shape index (κ2) is 10.0. The van der Waals surface area contributed by atoms with Crippen LogP contribution in [0.3, 0.4) is 0 Å². The molecule has 2 saturated carbocycles. The fraction of sp³-hybridized carbons (Fsp3) is 0.600. The van der Waals surface area contributed by atoms with Gasteiger partial charge in [-0.05, 0) is 75.1 Å². The maximum atomic E-state index is 13.4. The van der Waals surface area contributed by atoms with Gasteiger partial charge in [-0.15, -0.1) is 0 Å². The molecule has 0 aromatic heterocycles. The quantitative estimate of drug-likeness (QED) is 0.511. The Labute approximate surface area is 185 Å². The number of nitrogens with zero attached hydrogens (tertiary/aromatic N) is 2. The highest BCUT2D eigenvalue weighted by molar-refractivity contribution is 8.18. The summed E-state index contributed by atoms with van der Waals surface area (Å²) in [5, 5.41) is 0.949. The van der Waals surface area contributed by atoms with Gasteiger partial charge in [-0.25, -0.2) is 0 Å². The third kappa shape index (κ3) is 5.29. The van der Waals surface area contributed by atoms with Crippen LogP contribution in [0.1, 0.15) is 83.6 Å². The van der Waals surface area contributed by atoms with Crippen LogP contribution in [-0.4, -0.2) is 34.2 Å². The molecule has 5 heteroatoms. The first-order valence-electron chi connectivity index (χ1n) is 11.7. The lowest BCUT2D eigenvalue weighted by molar-refractivity contribution is -0.124. The minimum absolute atomic E-state index is 0.143. The van der Waals surface area contributed by atoms with Crippen LogP contribution in [0.15, 0.2) is 34.2 Å². The summed E-state index contributed by atoms with van der Waals surface area (Å²) in [6.07, 6.45) is 14.3. The van der Waals surface area contributed by atoms with E-state index in [2.05, 4.69) is 0 Å². The number of carbonyl (C=O) groups is 1. The van der Waals surface area contributed by atoms with Gasteiger partial charge >= 0.3 is 0 Å². The smallest absolute Gasteiger partial charge is 0.266 e. The van der Waals surface area contributed by atoms with Gasteiger partial charge in [0.25, 0.3) is 5.91 Å². The third-order valence-corrected chi connectivity index (χ3v) is 7.19. The van der Waals surface area contributed by atoms with Crippen molar-refractivity contribution in [2.24, 2.45) is 4.99 Å². The van der Waals surface area contributed by atoms with Gasteiger partial charge in [0.2, 0.25) is 0 Å². The molecule has 3 fully saturated rings. The van der Waals surface area contributed by atoms with Gasteiger partial charge in [-0.3, -0.25) is 14.7 Å². The summed E-state index contributed by atoms with van der Waals surface area (Å²) in [7, 11) is 0. The molecule has 1 aromatic carbocycles. The van der Waals surface area contributed by atoms with Crippen LogP contribution in [-0.2, 0) is 4.79 Å². The molecule has 1 heterocycles. The third-order valence-electron chi connectivity index (χ3n) is 6.19. The Bertz CT molecular complexity index is 788. The molecule has 1 aliphatic heterocycles. The predicted octanol–water partition coefficient (Wildman–Crippen LogP) is 6.41. The Kier molecular flexibility index (Phi) is 7.19. The number of benzene rings is 1. The van der Waals surface area contributed by atoms with Gasteiger partial charge in [0.15, 0.2) is 5.17 Å². The molecule has 4 rings (SSSR count). The fourth-order valence-corrected chi connectivity index (χ4v) is 5.78. The molecule has 1 aromatic rings. The van der Waals surface area contributed by atoms with Gasteiger partial charge in [-0.2, -0.15) is 0 Å². The van der Waals surface area contributed by atoms with E-state index in [9.17, 15) is 4.79 Å². The van der Waals surface area contributed by atoms with E-state index in [4.69, 9.17) is 9.73 Å². The summed E-state index contributed by atoms with van der Waals surface area (Å²) >= 11 is 1.58. The molecule has 1 amide bonds. The first-order chi connectivity index (χ1) is 14.6. The summed E-state index contributed by atoms with van der Waals surface area (Å²) in [6, 6.07) is 8.71. The van der Waals surface area contributed by atoms with Crippen molar-refractivity contribution in [3.8, 4) is 5.75 Å². The maximum Gasteiger partial charge on any atom is 0.266 e. The zero-order valence-corrected chi connectivity index (χ0v) is 19.1. The van der Waals surface area contributed by atoms with Gasteiger partial charge in [-0.1, -0.05) is 50.7 Å². The topological polar surface area (TPSA) is 41.9 Å². The molecule has 30 heavy (non-hydrogen) atoms. The number of thioether (sulfide) groups is 1. The highest BCUT2D eigenvalue weighted by Gasteiger charge is 2.39. The molecule has 162 valence electrons. The molecule has 0 unspecified atom stereocenters. The number of hydrogen-bond acceptors (Lipinski definition) is 4. The van der Waals surface area contributed by atoms with Crippen molar-refractivity contribution in [2.45, 2.75) is 96.2 Å². The van der Waals surface area contributed by atoms with Crippen LogP contribution >= 0.6 is 11.8 Å². The number of hydrogen-bond donors (Lipinski definition) is 0. The van der Waals surface area contributed by atoms with Crippen molar-refractivity contribution in [1.82, 2.24) is 4.90 Å². The van der Waals surface area contributed by atoms with E-state index in [1.54, 1.807) is 11.8 Å². The van der Waals surface area contributed by atoms with Crippen LogP contribution in [0.4, 0.5) is 0 Å². The largest absolute Gasteiger partial charge is 0.491 e. The van der Waals surface area contributed by atoms with Gasteiger partial charge < -0.3 is 4.74 Å². The lowest BCUT2D eigenvalue weighted by Gasteiger charge is -2.31. The number of amidine groups is 1. The number of amides is 1. The summed E-state index contributed by atoms with van der Waals surface area (Å²) < 4.78 is 5.74. The number of rotatable bonds is 5. The Morgan fingerprint density at radius 1 is 1.00 bits per heavy atom. The minimum atomic E-state index is 0.143. The highest BCUT2D eigenvalue weighted by atomic mass is 32.2. The van der Waals surface area contributed by atoms with Crippen molar-refractivity contribution < 1.29 is 9.53 Å². The van der Waals surface area contributed by atoms with Gasteiger partial charge in [0.05, 0.1) is 17.1 Å². The van der Waals surface area contributed by atoms with Gasteiger partial charge in [0.1, 0.15) is 5.75 Å². The van der Waals surface area contributed by atoms with Crippen LogP contribution < -0.4 is 4.74 Å². The molecule has 0 atom stereocenters. The van der Waals surface area contributed by atoms with E-state index in [0.717, 1.165) is 47.1 Å². The van der Waals surface area contributed by atoms with E-state index < -0.39 is 0 Å². The second-order valence-electron chi connectivity index (χ2n) is 9.02. The number of ether oxygens (including phenoxy) is 1. The van der Waals surface area contributed by atoms with Crippen LogP contribution in [0.5, 0.6) is 5.75 Å². The van der Waals surface area contributed by atoms with Crippen LogP contribution in [0.25, 0.3) is 6.08 Å². The van der Waals surface area contributed by atoms with E-state index in [1.807, 2.05) is 49.1 Å². The molecule has 2 aliphatic carbocycles. The first-order valence-corrected chi connectivity index (χ1v) is 12.5. The normalized spacial score (nSPS) is 24.4. The number of aliphatic imine (C=N–C) groups is 1. The van der Waals surface area contributed by atoms with Crippen molar-refractivity contribution in [2.75, 3.05) is 0 Å². The molecular formula is C25H34N2O2S. The Balaban J connectivity index is 1.56. The fourth-order valence-electron chi connectivity index (χ4n) is 4.67. The summed E-state index contributed by atoms with van der Waals surface area (Å²) in [5.41, 5.74) is 1.03. The summed E-state index contributed by atoms with van der Waals surface area (Å²) in [5.74, 6) is 1.00. The second-order valence-corrected chi connectivity index (χ2v) is 10.0. The van der Waals surface area contributed by atoms with E-state index in [0.29, 0.717) is 12.1 Å². The zero-order chi connectivity index (χ0) is 20.9. The van der Waals surface area contributed by atoms with Gasteiger partial charge in [0, 0.05) is 6.04 Å². The molecule has 0 spiro atoms. The number of carbonyl (C=O) groups excluding carboxylic acids is 1. The standard InChI is InChI=1S/C25H34N2O2S/c1-18(2)29-22-15-13-19(14-16-22)17-23-24(28)27(21-11-7-4-8-12-21)25(30-23)26-20-9-5-3-6-10-20/h13-18,20-21H,3-12H2,1-2H3. The maximum absolute atomic E-state index is 13.4. The predicted molar refractivity (Wildman–Crippen MR) is 126 cm³/mol. The summed E-state index contributed by atoms with van der Waals surface area (Å²) in [6.45, 7) is 4.05. The average Bonchev–Trinajstić information content (AvgIpc) is 3.05. The average molecular weight is 427 g/mol. The van der Waals surface area contributed by atoms with Crippen molar-refractivity contribution in [3.05, 3.63) is 34.7 Å². The minimum Gasteiger partial charge on any atom is -0.491 e. The summed E-state index contributed by atoms with van der Waals surface area (Å²) in [4.78, 5) is 21.4. The Morgan fingerprint density at radius 2 is 1.63 bits per heavy atom. The van der Waals surface area contributed by atoms with Crippen molar-refractivity contribution in [3.63, 3.8) is 0 Å². The molecule has 4 nitrogen and oxygen atoms in total. The molecule has 0 bridgehead atoms. The van der Waals surface area contributed by atoms with Crippen LogP contribution in [0.2, 0.25) is 0 Å². The molecule has 0 radical (unpaired) electrons. The Morgan fingerprint density at radius 3 is 2.27 bits per heavy atom. The lowest BCUT2D eigenvalue weighted by atomic mass is 9.94. The highest BCUT2D eigenvalue weighted by Crippen LogP contribution is 2.38. The van der Waals surface area contributed by atoms with E-state index in [1.165, 1.54) is 38.5 Å². The van der Waals surface area contributed by atoms with Crippen LogP contribution in [0, 0.1) is 0 Å². The molecule has 3 aliphatic rings. The van der Waals surface area contributed by atoms with E-state index in [-0.39, 0.29) is 12.0 Å². The molecular weight excluding hydrogens is 392 g/mol. The molecule has 1 saturated heterocycles. The van der Waals surface area contributed by atoms with Crippen molar-refractivity contribution in [1.29, 1.82) is 0 Å². The molecule has 0 N–H and O–H groups in total. The Hall–Kier alpha value is -1.75. The monoisotopic (exact) mass is 426 g/mol.